The summed E-state index contributed by atoms with van der Waals surface area (Å²) in [5, 5.41) is 0. The smallest absolute Gasteiger partial charge is 0.0788 e. The van der Waals surface area contributed by atoms with Crippen molar-refractivity contribution in [2.24, 2.45) is 0 Å². The highest BCUT2D eigenvalue weighted by molar-refractivity contribution is 5.13. The lowest BCUT2D eigenvalue weighted by Crippen LogP contribution is -2.44. The van der Waals surface area contributed by atoms with E-state index >= 15 is 0 Å². The van der Waals surface area contributed by atoms with E-state index in [0.717, 1.165) is 24.1 Å². The quantitative estimate of drug-likeness (QED) is 0.494. The Hall–Kier alpha value is -0.820. The van der Waals surface area contributed by atoms with Gasteiger partial charge in [-0.25, -0.2) is 7.05 Å². The number of hydrogen-bond donors (Lipinski definition) is 0. The Balaban J connectivity index is 2.02. The van der Waals surface area contributed by atoms with Gasteiger partial charge < -0.3 is 4.48 Å². The zero-order chi connectivity index (χ0) is 9.86. The fraction of sp³-hybridized carbons (Fsp3) is 0.462. The van der Waals surface area contributed by atoms with E-state index in [1.165, 1.54) is 24.8 Å². The van der Waals surface area contributed by atoms with Gasteiger partial charge in [0.2, 0.25) is 0 Å². The number of likely N-dealkylation sites (tertiary alicyclic amines) is 1. The molecule has 0 spiro atoms. The van der Waals surface area contributed by atoms with Crippen LogP contribution in [0.15, 0.2) is 30.3 Å². The summed E-state index contributed by atoms with van der Waals surface area (Å²) in [6.07, 6.45) is 3.92. The molecule has 0 bridgehead atoms. The molecule has 1 heteroatoms. The van der Waals surface area contributed by atoms with Gasteiger partial charge in [0.15, 0.2) is 0 Å². The van der Waals surface area contributed by atoms with E-state index in [1.54, 1.807) is 0 Å². The molecule has 1 heterocycles. The molecule has 0 atom stereocenters. The maximum absolute atomic E-state index is 6.33. The molecule has 1 nitrogen and oxygen atoms in total. The number of benzene rings is 1. The fourth-order valence-corrected chi connectivity index (χ4v) is 2.25. The molecule has 0 aromatic heterocycles. The highest BCUT2D eigenvalue weighted by Crippen LogP contribution is 2.20. The molecule has 75 valence electrons. The zero-order valence-electron chi connectivity index (χ0n) is 8.65. The summed E-state index contributed by atoms with van der Waals surface area (Å²) in [5.41, 5.74) is 1.36. The van der Waals surface area contributed by atoms with Crippen molar-refractivity contribution in [1.82, 2.24) is 0 Å². The minimum Gasteiger partial charge on any atom is -0.473 e. The number of hydrogen-bond acceptors (Lipinski definition) is 0. The van der Waals surface area contributed by atoms with Gasteiger partial charge in [-0.1, -0.05) is 30.3 Å². The first-order valence-corrected chi connectivity index (χ1v) is 5.47. The van der Waals surface area contributed by atoms with Gasteiger partial charge in [-0.05, 0) is 19.3 Å². The van der Waals surface area contributed by atoms with Crippen molar-refractivity contribution >= 4 is 0 Å². The van der Waals surface area contributed by atoms with Gasteiger partial charge in [0, 0.05) is 5.56 Å². The SMILES string of the molecule is [CH-][N+]1(Cc2ccccc2)CCCCC1. The second-order valence-electron chi connectivity index (χ2n) is 4.37. The molecule has 0 amide bonds. The van der Waals surface area contributed by atoms with Crippen LogP contribution in [0, 0.1) is 7.05 Å². The van der Waals surface area contributed by atoms with Crippen LogP contribution >= 0.6 is 0 Å². The van der Waals surface area contributed by atoms with Crippen molar-refractivity contribution in [3.8, 4) is 0 Å². The topological polar surface area (TPSA) is 0 Å². The number of nitrogens with zero attached hydrogens (tertiary/aromatic N) is 1. The molecule has 0 aliphatic carbocycles. The molecule has 1 aliphatic heterocycles. The lowest BCUT2D eigenvalue weighted by Gasteiger charge is -2.47. The second kappa shape index (κ2) is 4.14. The Morgan fingerprint density at radius 1 is 1.00 bits per heavy atom. The van der Waals surface area contributed by atoms with E-state index in [4.69, 9.17) is 7.05 Å². The largest absolute Gasteiger partial charge is 0.473 e. The predicted molar refractivity (Wildman–Crippen MR) is 58.3 cm³/mol. The summed E-state index contributed by atoms with van der Waals surface area (Å²) in [4.78, 5) is 0. The van der Waals surface area contributed by atoms with Crippen molar-refractivity contribution in [3.05, 3.63) is 42.9 Å². The first-order chi connectivity index (χ1) is 6.79. The summed E-state index contributed by atoms with van der Waals surface area (Å²) >= 11 is 0. The van der Waals surface area contributed by atoms with E-state index in [2.05, 4.69) is 30.3 Å². The number of quaternary nitrogens is 1. The van der Waals surface area contributed by atoms with E-state index in [1.807, 2.05) is 0 Å². The van der Waals surface area contributed by atoms with Gasteiger partial charge >= 0.3 is 0 Å². The standard InChI is InChI=1S/C13H18N/c1-14(10-6-3-7-11-14)12-13-8-4-2-5-9-13/h1-2,4-5,8-9H,3,6-7,10-12H2. The Morgan fingerprint density at radius 3 is 2.29 bits per heavy atom. The minimum atomic E-state index is 0.740. The van der Waals surface area contributed by atoms with Crippen LogP contribution in [0.2, 0.25) is 0 Å². The first-order valence-electron chi connectivity index (χ1n) is 5.47. The second-order valence-corrected chi connectivity index (χ2v) is 4.37. The summed E-state index contributed by atoms with van der Waals surface area (Å²) in [7, 11) is 6.33. The average Bonchev–Trinajstić information content (AvgIpc) is 2.19. The maximum Gasteiger partial charge on any atom is 0.0788 e. The molecular weight excluding hydrogens is 170 g/mol. The van der Waals surface area contributed by atoms with Crippen LogP contribution in [0.5, 0.6) is 0 Å². The monoisotopic (exact) mass is 188 g/mol. The molecule has 1 aliphatic rings. The number of rotatable bonds is 2. The van der Waals surface area contributed by atoms with Gasteiger partial charge in [-0.15, -0.1) is 0 Å². The fourth-order valence-electron chi connectivity index (χ4n) is 2.25. The Kier molecular flexibility index (Phi) is 2.87. The normalized spacial score (nSPS) is 20.6. The van der Waals surface area contributed by atoms with Crippen LogP contribution in [0.3, 0.4) is 0 Å². The van der Waals surface area contributed by atoms with Crippen LogP contribution in [0.25, 0.3) is 0 Å². The molecule has 1 aromatic rings. The molecular formula is C13H18N. The van der Waals surface area contributed by atoms with E-state index < -0.39 is 0 Å². The summed E-state index contributed by atoms with van der Waals surface area (Å²) in [6.45, 7) is 3.25. The molecule has 1 fully saturated rings. The Bertz CT molecular complexity index is 273. The summed E-state index contributed by atoms with van der Waals surface area (Å²) in [5.74, 6) is 0. The zero-order valence-corrected chi connectivity index (χ0v) is 8.65. The van der Waals surface area contributed by atoms with Crippen molar-refractivity contribution in [3.63, 3.8) is 0 Å². The lowest BCUT2D eigenvalue weighted by molar-refractivity contribution is -0.903. The Labute approximate surface area is 86.9 Å². The van der Waals surface area contributed by atoms with E-state index in [0.29, 0.717) is 0 Å². The molecule has 0 unspecified atom stereocenters. The van der Waals surface area contributed by atoms with Crippen molar-refractivity contribution in [1.29, 1.82) is 0 Å². The molecule has 1 radical (unpaired) electrons. The lowest BCUT2D eigenvalue weighted by atomic mass is 10.1. The molecule has 0 saturated carbocycles. The molecule has 0 N–H and O–H groups in total. The van der Waals surface area contributed by atoms with Gasteiger partial charge in [0.1, 0.15) is 0 Å². The first kappa shape index (κ1) is 9.72. The number of piperidine rings is 1. The van der Waals surface area contributed by atoms with E-state index in [-0.39, 0.29) is 0 Å². The van der Waals surface area contributed by atoms with Crippen LogP contribution in [-0.2, 0) is 6.54 Å². The van der Waals surface area contributed by atoms with Gasteiger partial charge in [-0.2, -0.15) is 0 Å². The van der Waals surface area contributed by atoms with Gasteiger partial charge in [0.05, 0.1) is 19.6 Å². The third-order valence-electron chi connectivity index (χ3n) is 3.05. The molecule has 1 saturated heterocycles. The van der Waals surface area contributed by atoms with Crippen LogP contribution in [0.4, 0.5) is 0 Å². The van der Waals surface area contributed by atoms with Crippen LogP contribution < -0.4 is 0 Å². The third-order valence-corrected chi connectivity index (χ3v) is 3.05. The maximum atomic E-state index is 6.33. The van der Waals surface area contributed by atoms with Crippen LogP contribution in [-0.4, -0.2) is 17.6 Å². The van der Waals surface area contributed by atoms with Crippen molar-refractivity contribution in [2.75, 3.05) is 13.1 Å². The molecule has 14 heavy (non-hydrogen) atoms. The molecule has 2 rings (SSSR count). The van der Waals surface area contributed by atoms with Crippen LogP contribution in [0.1, 0.15) is 24.8 Å². The van der Waals surface area contributed by atoms with Crippen molar-refractivity contribution < 1.29 is 4.48 Å². The average molecular weight is 188 g/mol. The van der Waals surface area contributed by atoms with Crippen molar-refractivity contribution in [2.45, 2.75) is 25.8 Å². The Morgan fingerprint density at radius 2 is 1.64 bits per heavy atom. The minimum absolute atomic E-state index is 0.740. The summed E-state index contributed by atoms with van der Waals surface area (Å²) in [6, 6.07) is 10.6. The highest BCUT2D eigenvalue weighted by atomic mass is 15.3. The van der Waals surface area contributed by atoms with E-state index in [9.17, 15) is 0 Å². The predicted octanol–water partition coefficient (Wildman–Crippen LogP) is 2.86. The third kappa shape index (κ3) is 2.36. The van der Waals surface area contributed by atoms with Gasteiger partial charge in [0.25, 0.3) is 0 Å². The highest BCUT2D eigenvalue weighted by Gasteiger charge is 2.18. The van der Waals surface area contributed by atoms with Gasteiger partial charge in [-0.3, -0.25) is 0 Å². The summed E-state index contributed by atoms with van der Waals surface area (Å²) < 4.78 is 0.740. The molecule has 1 aromatic carbocycles.